The Morgan fingerprint density at radius 1 is 1.32 bits per heavy atom. The van der Waals surface area contributed by atoms with E-state index in [0.29, 0.717) is 12.1 Å². The molecule has 6 heteroatoms. The normalized spacial score (nSPS) is 11.9. The number of amides is 1. The summed E-state index contributed by atoms with van der Waals surface area (Å²) >= 11 is 1.51. The first kappa shape index (κ1) is 16.2. The number of carboxylic acids is 1. The Labute approximate surface area is 133 Å². The van der Waals surface area contributed by atoms with E-state index in [1.165, 1.54) is 16.9 Å². The summed E-state index contributed by atoms with van der Waals surface area (Å²) in [5.41, 5.74) is 1.85. The fourth-order valence-corrected chi connectivity index (χ4v) is 2.86. The zero-order valence-electron chi connectivity index (χ0n) is 12.3. The zero-order valence-corrected chi connectivity index (χ0v) is 13.1. The zero-order chi connectivity index (χ0) is 15.9. The van der Waals surface area contributed by atoms with Gasteiger partial charge < -0.3 is 10.4 Å². The second-order valence-electron chi connectivity index (χ2n) is 4.94. The van der Waals surface area contributed by atoms with Gasteiger partial charge in [-0.25, -0.2) is 9.78 Å². The molecule has 1 unspecified atom stereocenters. The summed E-state index contributed by atoms with van der Waals surface area (Å²) in [7, 11) is 0. The van der Waals surface area contributed by atoms with Crippen LogP contribution in [0.3, 0.4) is 0 Å². The molecule has 1 aromatic carbocycles. The van der Waals surface area contributed by atoms with Crippen LogP contribution in [0, 0.1) is 0 Å². The second-order valence-corrected chi connectivity index (χ2v) is 5.88. The van der Waals surface area contributed by atoms with Crippen molar-refractivity contribution in [1.29, 1.82) is 0 Å². The van der Waals surface area contributed by atoms with E-state index in [2.05, 4.69) is 10.3 Å². The number of nitrogens with zero attached hydrogens (tertiary/aromatic N) is 1. The quantitative estimate of drug-likeness (QED) is 0.820. The van der Waals surface area contributed by atoms with Gasteiger partial charge in [0.1, 0.15) is 6.04 Å². The largest absolute Gasteiger partial charge is 0.480 e. The van der Waals surface area contributed by atoms with Crippen molar-refractivity contribution in [3.05, 3.63) is 52.0 Å². The smallest absolute Gasteiger partial charge is 0.326 e. The Kier molecular flexibility index (Phi) is 5.66. The van der Waals surface area contributed by atoms with Gasteiger partial charge in [0, 0.05) is 11.8 Å². The lowest BCUT2D eigenvalue weighted by Crippen LogP contribution is -2.41. The number of carbonyl (C=O) groups is 2. The van der Waals surface area contributed by atoms with Crippen LogP contribution in [0.2, 0.25) is 0 Å². The van der Waals surface area contributed by atoms with E-state index >= 15 is 0 Å². The highest BCUT2D eigenvalue weighted by Crippen LogP contribution is 2.15. The Bertz CT molecular complexity index is 640. The molecule has 1 amide bonds. The first-order valence-electron chi connectivity index (χ1n) is 7.08. The Balaban J connectivity index is 1.91. The lowest BCUT2D eigenvalue weighted by Gasteiger charge is -2.11. The number of carboxylic acid groups (broad SMARTS) is 1. The minimum Gasteiger partial charge on any atom is -0.480 e. The molecule has 0 radical (unpaired) electrons. The molecule has 0 aliphatic rings. The average molecular weight is 318 g/mol. The van der Waals surface area contributed by atoms with Gasteiger partial charge in [-0.3, -0.25) is 4.79 Å². The van der Waals surface area contributed by atoms with Crippen molar-refractivity contribution in [2.45, 2.75) is 32.2 Å². The molecule has 0 aliphatic heterocycles. The van der Waals surface area contributed by atoms with Gasteiger partial charge in [-0.2, -0.15) is 0 Å². The van der Waals surface area contributed by atoms with Crippen LogP contribution in [-0.2, 0) is 22.4 Å². The Hall–Kier alpha value is -2.21. The van der Waals surface area contributed by atoms with Crippen molar-refractivity contribution in [2.24, 2.45) is 0 Å². The molecule has 0 spiro atoms. The molecule has 2 rings (SSSR count). The third-order valence-corrected chi connectivity index (χ3v) is 4.08. The van der Waals surface area contributed by atoms with Gasteiger partial charge in [0.15, 0.2) is 0 Å². The molecule has 5 nitrogen and oxygen atoms in total. The van der Waals surface area contributed by atoms with E-state index < -0.39 is 12.0 Å². The van der Waals surface area contributed by atoms with Gasteiger partial charge in [0.2, 0.25) is 5.91 Å². The predicted molar refractivity (Wildman–Crippen MR) is 84.9 cm³/mol. The summed E-state index contributed by atoms with van der Waals surface area (Å²) in [5.74, 6) is -1.33. The summed E-state index contributed by atoms with van der Waals surface area (Å²) in [6, 6.07) is 9.16. The number of carbonyl (C=O) groups excluding carboxylic acids is 1. The van der Waals surface area contributed by atoms with Crippen LogP contribution in [0.25, 0.3) is 0 Å². The molecule has 1 atom stereocenters. The molecular formula is C16H18N2O3S. The molecule has 0 saturated carbocycles. The molecule has 0 aliphatic carbocycles. The number of nitrogens with one attached hydrogen (secondary N) is 1. The fourth-order valence-electron chi connectivity index (χ4n) is 2.03. The van der Waals surface area contributed by atoms with Crippen molar-refractivity contribution in [3.63, 3.8) is 0 Å². The first-order chi connectivity index (χ1) is 10.6. The van der Waals surface area contributed by atoms with E-state index in [1.807, 2.05) is 35.7 Å². The van der Waals surface area contributed by atoms with Crippen molar-refractivity contribution < 1.29 is 14.7 Å². The monoisotopic (exact) mass is 318 g/mol. The molecule has 1 aromatic heterocycles. The second kappa shape index (κ2) is 7.70. The summed E-state index contributed by atoms with van der Waals surface area (Å²) in [6.07, 6.45) is 1.20. The molecule has 2 N–H and O–H groups in total. The van der Waals surface area contributed by atoms with Crippen LogP contribution in [0.15, 0.2) is 35.7 Å². The average Bonchev–Trinajstić information content (AvgIpc) is 2.92. The van der Waals surface area contributed by atoms with Crippen LogP contribution >= 0.6 is 11.3 Å². The van der Waals surface area contributed by atoms with Crippen molar-refractivity contribution >= 4 is 23.2 Å². The molecule has 1 heterocycles. The minimum atomic E-state index is -1.01. The van der Waals surface area contributed by atoms with Gasteiger partial charge >= 0.3 is 5.97 Å². The van der Waals surface area contributed by atoms with Crippen LogP contribution in [-0.4, -0.2) is 28.0 Å². The van der Waals surface area contributed by atoms with Gasteiger partial charge in [-0.1, -0.05) is 37.3 Å². The van der Waals surface area contributed by atoms with Crippen LogP contribution in [0.1, 0.15) is 29.6 Å². The van der Waals surface area contributed by atoms with E-state index in [4.69, 9.17) is 5.11 Å². The standard InChI is InChI=1S/C16H18N2O3S/c1-2-13(16(20)21)18-14(19)9-12-10-22-15(17-12)8-11-6-4-3-5-7-11/h3-7,10,13H,2,8-9H2,1H3,(H,18,19)(H,20,21). The lowest BCUT2D eigenvalue weighted by molar-refractivity contribution is -0.141. The van der Waals surface area contributed by atoms with Crippen LogP contribution < -0.4 is 5.32 Å². The summed E-state index contributed by atoms with van der Waals surface area (Å²) in [5, 5.41) is 14.2. The molecular weight excluding hydrogens is 300 g/mol. The SMILES string of the molecule is CCC(NC(=O)Cc1csc(Cc2ccccc2)n1)C(=O)O. The first-order valence-corrected chi connectivity index (χ1v) is 7.95. The van der Waals surface area contributed by atoms with Gasteiger partial charge in [0.05, 0.1) is 17.1 Å². The summed E-state index contributed by atoms with van der Waals surface area (Å²) in [6.45, 7) is 1.72. The molecule has 0 fully saturated rings. The summed E-state index contributed by atoms with van der Waals surface area (Å²) < 4.78 is 0. The van der Waals surface area contributed by atoms with Gasteiger partial charge in [0.25, 0.3) is 0 Å². The van der Waals surface area contributed by atoms with E-state index in [-0.39, 0.29) is 12.3 Å². The number of rotatable bonds is 7. The topological polar surface area (TPSA) is 79.3 Å². The molecule has 116 valence electrons. The molecule has 22 heavy (non-hydrogen) atoms. The lowest BCUT2D eigenvalue weighted by atomic mass is 10.2. The van der Waals surface area contributed by atoms with E-state index in [0.717, 1.165) is 11.4 Å². The number of aliphatic carboxylic acids is 1. The maximum Gasteiger partial charge on any atom is 0.326 e. The maximum atomic E-state index is 11.8. The number of hydrogen-bond acceptors (Lipinski definition) is 4. The third-order valence-electron chi connectivity index (χ3n) is 3.18. The maximum absolute atomic E-state index is 11.8. The van der Waals surface area contributed by atoms with Crippen LogP contribution in [0.5, 0.6) is 0 Å². The minimum absolute atomic E-state index is 0.106. The summed E-state index contributed by atoms with van der Waals surface area (Å²) in [4.78, 5) is 27.2. The number of hydrogen-bond donors (Lipinski definition) is 2. The van der Waals surface area contributed by atoms with Gasteiger partial charge in [-0.05, 0) is 12.0 Å². The van der Waals surface area contributed by atoms with Crippen LogP contribution in [0.4, 0.5) is 0 Å². The highest BCUT2D eigenvalue weighted by Gasteiger charge is 2.18. The number of thiazole rings is 1. The van der Waals surface area contributed by atoms with Crippen molar-refractivity contribution in [2.75, 3.05) is 0 Å². The molecule has 2 aromatic rings. The van der Waals surface area contributed by atoms with Crippen molar-refractivity contribution in [1.82, 2.24) is 10.3 Å². The molecule has 0 bridgehead atoms. The Morgan fingerprint density at radius 2 is 2.05 bits per heavy atom. The number of aromatic nitrogens is 1. The molecule has 0 saturated heterocycles. The van der Waals surface area contributed by atoms with E-state index in [1.54, 1.807) is 6.92 Å². The predicted octanol–water partition coefficient (Wildman–Crippen LogP) is 2.26. The van der Waals surface area contributed by atoms with Gasteiger partial charge in [-0.15, -0.1) is 11.3 Å². The van der Waals surface area contributed by atoms with E-state index in [9.17, 15) is 9.59 Å². The highest BCUT2D eigenvalue weighted by atomic mass is 32.1. The fraction of sp³-hybridized carbons (Fsp3) is 0.312. The highest BCUT2D eigenvalue weighted by molar-refractivity contribution is 7.09. The van der Waals surface area contributed by atoms with Crippen molar-refractivity contribution in [3.8, 4) is 0 Å². The number of benzene rings is 1. The third kappa shape index (κ3) is 4.66. The Morgan fingerprint density at radius 3 is 2.68 bits per heavy atom.